The summed E-state index contributed by atoms with van der Waals surface area (Å²) in [5.74, 6) is -0.192. The fourth-order valence-corrected chi connectivity index (χ4v) is 2.32. The Morgan fingerprint density at radius 3 is 2.75 bits per heavy atom. The molecular weight excluding hydrogens is 205 g/mol. The van der Waals surface area contributed by atoms with Gasteiger partial charge in [-0.2, -0.15) is 0 Å². The van der Waals surface area contributed by atoms with E-state index in [0.29, 0.717) is 5.69 Å². The number of halogens is 1. The number of benzene rings is 1. The van der Waals surface area contributed by atoms with E-state index in [2.05, 4.69) is 5.32 Å². The number of nitrogens with one attached hydrogen (secondary N) is 1. The Morgan fingerprint density at radius 2 is 2.00 bits per heavy atom. The molecule has 0 bridgehead atoms. The molecule has 1 saturated carbocycles. The molecular formula is C13H18FNO. The maximum atomic E-state index is 13.5. The third-order valence-corrected chi connectivity index (χ3v) is 3.22. The summed E-state index contributed by atoms with van der Waals surface area (Å²) in [4.78, 5) is 0. The standard InChI is InChI=1S/C13H18FNO/c1-16-13-9-5-4-8-12(13)15-11-7-3-2-6-10(11)14/h2-3,6-7,12-13,15H,4-5,8-9H2,1H3. The van der Waals surface area contributed by atoms with Crippen molar-refractivity contribution in [3.63, 3.8) is 0 Å². The third kappa shape index (κ3) is 2.53. The van der Waals surface area contributed by atoms with Crippen LogP contribution in [0.5, 0.6) is 0 Å². The van der Waals surface area contributed by atoms with Gasteiger partial charge in [0, 0.05) is 7.11 Å². The van der Waals surface area contributed by atoms with E-state index in [4.69, 9.17) is 4.74 Å². The Hall–Kier alpha value is -1.09. The van der Waals surface area contributed by atoms with Crippen LogP contribution in [0.1, 0.15) is 25.7 Å². The van der Waals surface area contributed by atoms with Gasteiger partial charge in [0.1, 0.15) is 5.82 Å². The molecule has 0 radical (unpaired) electrons. The van der Waals surface area contributed by atoms with Crippen LogP contribution in [-0.4, -0.2) is 19.3 Å². The topological polar surface area (TPSA) is 21.3 Å². The monoisotopic (exact) mass is 223 g/mol. The van der Waals surface area contributed by atoms with Crippen molar-refractivity contribution in [2.75, 3.05) is 12.4 Å². The molecule has 2 atom stereocenters. The molecule has 0 spiro atoms. The van der Waals surface area contributed by atoms with Crippen molar-refractivity contribution in [2.24, 2.45) is 0 Å². The average Bonchev–Trinajstić information content (AvgIpc) is 2.33. The molecule has 1 fully saturated rings. The average molecular weight is 223 g/mol. The van der Waals surface area contributed by atoms with E-state index in [1.165, 1.54) is 18.9 Å². The number of hydrogen-bond donors (Lipinski definition) is 1. The Balaban J connectivity index is 2.05. The number of rotatable bonds is 3. The Bertz CT molecular complexity index is 342. The van der Waals surface area contributed by atoms with Gasteiger partial charge in [0.25, 0.3) is 0 Å². The minimum absolute atomic E-state index is 0.192. The molecule has 1 aromatic carbocycles. The summed E-state index contributed by atoms with van der Waals surface area (Å²) in [7, 11) is 1.73. The summed E-state index contributed by atoms with van der Waals surface area (Å²) < 4.78 is 18.9. The minimum atomic E-state index is -0.192. The molecule has 1 aliphatic carbocycles. The number of anilines is 1. The van der Waals surface area contributed by atoms with Crippen LogP contribution in [0.4, 0.5) is 10.1 Å². The van der Waals surface area contributed by atoms with Gasteiger partial charge in [-0.05, 0) is 25.0 Å². The van der Waals surface area contributed by atoms with E-state index in [-0.39, 0.29) is 18.0 Å². The lowest BCUT2D eigenvalue weighted by atomic mass is 9.92. The molecule has 0 aromatic heterocycles. The van der Waals surface area contributed by atoms with Crippen LogP contribution >= 0.6 is 0 Å². The van der Waals surface area contributed by atoms with Gasteiger partial charge in [-0.3, -0.25) is 0 Å². The summed E-state index contributed by atoms with van der Waals surface area (Å²) in [6.07, 6.45) is 4.70. The molecule has 0 aliphatic heterocycles. The molecule has 1 aliphatic rings. The highest BCUT2D eigenvalue weighted by atomic mass is 19.1. The van der Waals surface area contributed by atoms with Crippen molar-refractivity contribution < 1.29 is 9.13 Å². The lowest BCUT2D eigenvalue weighted by molar-refractivity contribution is 0.0605. The van der Waals surface area contributed by atoms with Crippen LogP contribution in [0, 0.1) is 5.82 Å². The van der Waals surface area contributed by atoms with E-state index >= 15 is 0 Å². The zero-order valence-electron chi connectivity index (χ0n) is 9.58. The highest BCUT2D eigenvalue weighted by Gasteiger charge is 2.25. The van der Waals surface area contributed by atoms with Crippen LogP contribution in [0.2, 0.25) is 0 Å². The summed E-state index contributed by atoms with van der Waals surface area (Å²) >= 11 is 0. The van der Waals surface area contributed by atoms with Crippen molar-refractivity contribution in [3.8, 4) is 0 Å². The van der Waals surface area contributed by atoms with Crippen molar-refractivity contribution in [2.45, 2.75) is 37.8 Å². The molecule has 1 N–H and O–H groups in total. The third-order valence-electron chi connectivity index (χ3n) is 3.22. The van der Waals surface area contributed by atoms with Gasteiger partial charge in [-0.1, -0.05) is 25.0 Å². The van der Waals surface area contributed by atoms with Gasteiger partial charge < -0.3 is 10.1 Å². The second-order valence-corrected chi connectivity index (χ2v) is 4.29. The number of para-hydroxylation sites is 1. The normalized spacial score (nSPS) is 25.4. The van der Waals surface area contributed by atoms with Gasteiger partial charge in [-0.15, -0.1) is 0 Å². The molecule has 2 unspecified atom stereocenters. The number of hydrogen-bond acceptors (Lipinski definition) is 2. The molecule has 2 nitrogen and oxygen atoms in total. The zero-order chi connectivity index (χ0) is 11.4. The largest absolute Gasteiger partial charge is 0.379 e. The summed E-state index contributed by atoms with van der Waals surface area (Å²) in [5.41, 5.74) is 0.580. The van der Waals surface area contributed by atoms with Crippen LogP contribution in [-0.2, 0) is 4.74 Å². The first-order valence-electron chi connectivity index (χ1n) is 5.85. The van der Waals surface area contributed by atoms with E-state index in [9.17, 15) is 4.39 Å². The maximum absolute atomic E-state index is 13.5. The molecule has 1 aromatic rings. The van der Waals surface area contributed by atoms with Gasteiger partial charge >= 0.3 is 0 Å². The zero-order valence-corrected chi connectivity index (χ0v) is 9.58. The van der Waals surface area contributed by atoms with Crippen LogP contribution < -0.4 is 5.32 Å². The van der Waals surface area contributed by atoms with Gasteiger partial charge in [0.05, 0.1) is 17.8 Å². The lowest BCUT2D eigenvalue weighted by Gasteiger charge is -2.31. The van der Waals surface area contributed by atoms with Gasteiger partial charge in [0.15, 0.2) is 0 Å². The first kappa shape index (κ1) is 11.4. The first-order chi connectivity index (χ1) is 7.81. The van der Waals surface area contributed by atoms with Crippen molar-refractivity contribution in [3.05, 3.63) is 30.1 Å². The predicted octanol–water partition coefficient (Wildman–Crippen LogP) is 3.20. The van der Waals surface area contributed by atoms with Crippen LogP contribution in [0.25, 0.3) is 0 Å². The van der Waals surface area contributed by atoms with E-state index in [1.54, 1.807) is 19.2 Å². The van der Waals surface area contributed by atoms with Crippen molar-refractivity contribution >= 4 is 5.69 Å². The quantitative estimate of drug-likeness (QED) is 0.849. The summed E-state index contributed by atoms with van der Waals surface area (Å²) in [5, 5.41) is 3.25. The highest BCUT2D eigenvalue weighted by molar-refractivity contribution is 5.45. The second kappa shape index (κ2) is 5.30. The molecule has 2 rings (SSSR count). The van der Waals surface area contributed by atoms with Crippen molar-refractivity contribution in [1.29, 1.82) is 0 Å². The van der Waals surface area contributed by atoms with Gasteiger partial charge in [0.2, 0.25) is 0 Å². The van der Waals surface area contributed by atoms with E-state index in [0.717, 1.165) is 12.8 Å². The Morgan fingerprint density at radius 1 is 1.25 bits per heavy atom. The van der Waals surface area contributed by atoms with Crippen LogP contribution in [0.15, 0.2) is 24.3 Å². The van der Waals surface area contributed by atoms with E-state index in [1.807, 2.05) is 6.07 Å². The summed E-state index contributed by atoms with van der Waals surface area (Å²) in [6.45, 7) is 0. The highest BCUT2D eigenvalue weighted by Crippen LogP contribution is 2.25. The Labute approximate surface area is 95.8 Å². The predicted molar refractivity (Wildman–Crippen MR) is 63.1 cm³/mol. The smallest absolute Gasteiger partial charge is 0.146 e. The molecule has 88 valence electrons. The van der Waals surface area contributed by atoms with Crippen molar-refractivity contribution in [1.82, 2.24) is 0 Å². The van der Waals surface area contributed by atoms with Crippen LogP contribution in [0.3, 0.4) is 0 Å². The fourth-order valence-electron chi connectivity index (χ4n) is 2.32. The van der Waals surface area contributed by atoms with E-state index < -0.39 is 0 Å². The van der Waals surface area contributed by atoms with Gasteiger partial charge in [-0.25, -0.2) is 4.39 Å². The first-order valence-corrected chi connectivity index (χ1v) is 5.85. The molecule has 3 heteroatoms. The Kier molecular flexibility index (Phi) is 3.78. The summed E-state index contributed by atoms with van der Waals surface area (Å²) in [6, 6.07) is 7.03. The fraction of sp³-hybridized carbons (Fsp3) is 0.538. The minimum Gasteiger partial charge on any atom is -0.379 e. The SMILES string of the molecule is COC1CCCCC1Nc1ccccc1F. The molecule has 0 heterocycles. The number of methoxy groups -OCH3 is 1. The lowest BCUT2D eigenvalue weighted by Crippen LogP contribution is -2.37. The number of ether oxygens (including phenoxy) is 1. The molecule has 16 heavy (non-hydrogen) atoms. The second-order valence-electron chi connectivity index (χ2n) is 4.29. The molecule has 0 saturated heterocycles. The molecule has 0 amide bonds. The maximum Gasteiger partial charge on any atom is 0.146 e.